The SMILES string of the molecule is COC(=O)c1ccc(C2=Cc3cccc(OC)c3CN2C)cc1.O=S(=O)(O)C(F)(F)F. The van der Waals surface area contributed by atoms with Gasteiger partial charge in [0.1, 0.15) is 5.75 Å². The lowest BCUT2D eigenvalue weighted by Gasteiger charge is -2.29. The zero-order chi connectivity index (χ0) is 23.4. The van der Waals surface area contributed by atoms with Crippen LogP contribution in [0.2, 0.25) is 0 Å². The summed E-state index contributed by atoms with van der Waals surface area (Å²) in [6, 6.07) is 13.5. The second-order valence-electron chi connectivity index (χ2n) is 6.40. The van der Waals surface area contributed by atoms with Crippen molar-refractivity contribution in [3.63, 3.8) is 0 Å². The number of rotatable bonds is 3. The zero-order valence-electron chi connectivity index (χ0n) is 16.8. The van der Waals surface area contributed by atoms with E-state index in [2.05, 4.69) is 24.1 Å². The largest absolute Gasteiger partial charge is 0.522 e. The highest BCUT2D eigenvalue weighted by Gasteiger charge is 2.44. The summed E-state index contributed by atoms with van der Waals surface area (Å²) in [5.41, 5.74) is -0.456. The van der Waals surface area contributed by atoms with E-state index in [-0.39, 0.29) is 5.97 Å². The number of alkyl halides is 3. The van der Waals surface area contributed by atoms with E-state index in [1.165, 1.54) is 12.7 Å². The number of fused-ring (bicyclic) bond motifs is 1. The Bertz CT molecular complexity index is 1080. The van der Waals surface area contributed by atoms with Gasteiger partial charge in [0.25, 0.3) is 0 Å². The van der Waals surface area contributed by atoms with Crippen molar-refractivity contribution in [2.75, 3.05) is 21.3 Å². The molecule has 31 heavy (non-hydrogen) atoms. The van der Waals surface area contributed by atoms with E-state index < -0.39 is 15.6 Å². The lowest BCUT2D eigenvalue weighted by molar-refractivity contribution is -0.0510. The van der Waals surface area contributed by atoms with E-state index >= 15 is 0 Å². The van der Waals surface area contributed by atoms with Crippen molar-refractivity contribution in [3.8, 4) is 5.75 Å². The number of carbonyl (C=O) groups is 1. The van der Waals surface area contributed by atoms with Crippen LogP contribution in [0.1, 0.15) is 27.0 Å². The van der Waals surface area contributed by atoms with E-state index in [9.17, 15) is 18.0 Å². The first-order chi connectivity index (χ1) is 14.4. The first-order valence-electron chi connectivity index (χ1n) is 8.70. The van der Waals surface area contributed by atoms with Gasteiger partial charge in [0, 0.05) is 24.9 Å². The maximum absolute atomic E-state index is 11.5. The molecule has 0 aromatic heterocycles. The number of hydrogen-bond donors (Lipinski definition) is 1. The summed E-state index contributed by atoms with van der Waals surface area (Å²) in [6.45, 7) is 0.782. The maximum atomic E-state index is 11.5. The van der Waals surface area contributed by atoms with Crippen molar-refractivity contribution < 1.29 is 40.4 Å². The zero-order valence-corrected chi connectivity index (χ0v) is 17.6. The molecule has 0 radical (unpaired) electrons. The normalized spacial score (nSPS) is 13.4. The molecule has 0 aliphatic carbocycles. The number of halogens is 3. The first-order valence-corrected chi connectivity index (χ1v) is 10.1. The van der Waals surface area contributed by atoms with Gasteiger partial charge in [-0.15, -0.1) is 0 Å². The molecule has 0 fully saturated rings. The van der Waals surface area contributed by atoms with Crippen LogP contribution in [0.4, 0.5) is 13.2 Å². The lowest BCUT2D eigenvalue weighted by atomic mass is 9.97. The minimum atomic E-state index is -5.84. The molecule has 0 spiro atoms. The molecule has 0 amide bonds. The van der Waals surface area contributed by atoms with Gasteiger partial charge in [0.15, 0.2) is 0 Å². The van der Waals surface area contributed by atoms with Crippen LogP contribution in [0.25, 0.3) is 11.8 Å². The average molecular weight is 459 g/mol. The predicted molar refractivity (Wildman–Crippen MR) is 108 cm³/mol. The Hall–Kier alpha value is -3.05. The summed E-state index contributed by atoms with van der Waals surface area (Å²) in [7, 11) is -0.708. The van der Waals surface area contributed by atoms with Crippen LogP contribution in [-0.4, -0.2) is 50.6 Å². The molecule has 0 bridgehead atoms. The van der Waals surface area contributed by atoms with Gasteiger partial charge in [-0.2, -0.15) is 21.6 Å². The summed E-state index contributed by atoms with van der Waals surface area (Å²) in [6.07, 6.45) is 2.15. The summed E-state index contributed by atoms with van der Waals surface area (Å²) in [5, 5.41) is 0. The molecule has 0 saturated heterocycles. The Kier molecular flexibility index (Phi) is 7.34. The van der Waals surface area contributed by atoms with Gasteiger partial charge < -0.3 is 14.4 Å². The number of benzene rings is 2. The Balaban J connectivity index is 0.000000366. The van der Waals surface area contributed by atoms with Crippen molar-refractivity contribution in [3.05, 3.63) is 64.7 Å². The quantitative estimate of drug-likeness (QED) is 0.424. The van der Waals surface area contributed by atoms with Gasteiger partial charge in [-0.05, 0) is 35.4 Å². The standard InChI is InChI=1S/C19H19NO3.CHF3O3S/c1-20-12-16-15(5-4-6-18(16)22-2)11-17(20)13-7-9-14(10-8-13)19(21)23-3;2-1(3,4)8(5,6)7/h4-11H,12H2,1-3H3;(H,5,6,7). The summed E-state index contributed by atoms with van der Waals surface area (Å²) in [5.74, 6) is 0.586. The topological polar surface area (TPSA) is 93.1 Å². The fourth-order valence-electron chi connectivity index (χ4n) is 2.86. The van der Waals surface area contributed by atoms with Gasteiger partial charge in [-0.3, -0.25) is 4.55 Å². The number of ether oxygens (including phenoxy) is 2. The van der Waals surface area contributed by atoms with Crippen LogP contribution in [-0.2, 0) is 21.4 Å². The molecule has 7 nitrogen and oxygen atoms in total. The number of methoxy groups -OCH3 is 2. The Labute approximate surface area is 177 Å². The Morgan fingerprint density at radius 2 is 1.68 bits per heavy atom. The van der Waals surface area contributed by atoms with Crippen LogP contribution in [0.3, 0.4) is 0 Å². The van der Waals surface area contributed by atoms with E-state index in [1.54, 1.807) is 19.2 Å². The molecule has 1 heterocycles. The Morgan fingerprint density at radius 3 is 2.16 bits per heavy atom. The fraction of sp³-hybridized carbons (Fsp3) is 0.250. The fourth-order valence-corrected chi connectivity index (χ4v) is 2.86. The second-order valence-corrected chi connectivity index (χ2v) is 7.82. The molecule has 11 heteroatoms. The minimum Gasteiger partial charge on any atom is -0.496 e. The van der Waals surface area contributed by atoms with E-state index in [0.29, 0.717) is 5.56 Å². The third-order valence-corrected chi connectivity index (χ3v) is 4.97. The second kappa shape index (κ2) is 9.40. The minimum absolute atomic E-state index is 0.322. The predicted octanol–water partition coefficient (Wildman–Crippen LogP) is 3.82. The van der Waals surface area contributed by atoms with E-state index in [0.717, 1.165) is 29.1 Å². The summed E-state index contributed by atoms with van der Waals surface area (Å²) in [4.78, 5) is 13.7. The highest BCUT2D eigenvalue weighted by molar-refractivity contribution is 7.86. The van der Waals surface area contributed by atoms with Crippen LogP contribution in [0.15, 0.2) is 42.5 Å². The van der Waals surface area contributed by atoms with Crippen molar-refractivity contribution in [1.29, 1.82) is 0 Å². The first kappa shape index (κ1) is 24.2. The van der Waals surface area contributed by atoms with Crippen LogP contribution < -0.4 is 4.74 Å². The maximum Gasteiger partial charge on any atom is 0.522 e. The molecule has 0 saturated carbocycles. The third kappa shape index (κ3) is 5.76. The smallest absolute Gasteiger partial charge is 0.496 e. The molecular weight excluding hydrogens is 439 g/mol. The van der Waals surface area contributed by atoms with Crippen LogP contribution in [0, 0.1) is 0 Å². The molecule has 2 aromatic carbocycles. The average Bonchev–Trinajstić information content (AvgIpc) is 2.71. The highest BCUT2D eigenvalue weighted by atomic mass is 32.2. The van der Waals surface area contributed by atoms with Gasteiger partial charge in [0.05, 0.1) is 19.8 Å². The van der Waals surface area contributed by atoms with Gasteiger partial charge in [0.2, 0.25) is 0 Å². The number of carbonyl (C=O) groups excluding carboxylic acids is 1. The molecule has 1 N–H and O–H groups in total. The molecule has 2 aromatic rings. The molecular formula is C20H20F3NO6S. The van der Waals surface area contributed by atoms with Gasteiger partial charge in [-0.1, -0.05) is 24.3 Å². The van der Waals surface area contributed by atoms with Gasteiger partial charge >= 0.3 is 21.6 Å². The van der Waals surface area contributed by atoms with Crippen LogP contribution >= 0.6 is 0 Å². The number of nitrogens with zero attached hydrogens (tertiary/aromatic N) is 1. The van der Waals surface area contributed by atoms with Crippen molar-refractivity contribution >= 4 is 27.9 Å². The molecule has 0 atom stereocenters. The van der Waals surface area contributed by atoms with Crippen LogP contribution in [0.5, 0.6) is 5.75 Å². The molecule has 1 aliphatic rings. The van der Waals surface area contributed by atoms with E-state index in [4.69, 9.17) is 22.4 Å². The number of esters is 1. The van der Waals surface area contributed by atoms with Gasteiger partial charge in [-0.25, -0.2) is 4.79 Å². The van der Waals surface area contributed by atoms with Crippen molar-refractivity contribution in [1.82, 2.24) is 4.90 Å². The molecule has 168 valence electrons. The molecule has 1 aliphatic heterocycles. The van der Waals surface area contributed by atoms with Crippen molar-refractivity contribution in [2.45, 2.75) is 12.1 Å². The molecule has 0 unspecified atom stereocenters. The highest BCUT2D eigenvalue weighted by Crippen LogP contribution is 2.34. The number of hydrogen-bond acceptors (Lipinski definition) is 6. The summed E-state index contributed by atoms with van der Waals surface area (Å²) >= 11 is 0. The summed E-state index contributed by atoms with van der Waals surface area (Å²) < 4.78 is 67.7. The van der Waals surface area contributed by atoms with Crippen molar-refractivity contribution in [2.24, 2.45) is 0 Å². The third-order valence-electron chi connectivity index (χ3n) is 4.38. The Morgan fingerprint density at radius 1 is 1.10 bits per heavy atom. The monoisotopic (exact) mass is 459 g/mol. The lowest BCUT2D eigenvalue weighted by Crippen LogP contribution is -2.21. The molecule has 3 rings (SSSR count). The van der Waals surface area contributed by atoms with E-state index in [1.807, 2.05) is 24.3 Å².